The van der Waals surface area contributed by atoms with Gasteiger partial charge in [0.2, 0.25) is 6.33 Å². The topological polar surface area (TPSA) is 8.81 Å². The first-order valence-electron chi connectivity index (χ1n) is 7.36. The van der Waals surface area contributed by atoms with Crippen LogP contribution in [0.25, 0.3) is 0 Å². The molecule has 0 atom stereocenters. The maximum atomic E-state index is 2.32. The van der Waals surface area contributed by atoms with E-state index in [2.05, 4.69) is 55.9 Å². The summed E-state index contributed by atoms with van der Waals surface area (Å²) in [5.74, 6) is 0. The molecule has 1 rings (SSSR count). The number of quaternary nitrogens is 1. The molecule has 104 valence electrons. The Bertz CT molecular complexity index is 323. The van der Waals surface area contributed by atoms with Gasteiger partial charge >= 0.3 is 0 Å². The third-order valence-electron chi connectivity index (χ3n) is 3.26. The molecule has 18 heavy (non-hydrogen) atoms. The number of imidazole rings is 1. The molecule has 0 aliphatic heterocycles. The first-order chi connectivity index (χ1) is 8.51. The summed E-state index contributed by atoms with van der Waals surface area (Å²) < 4.78 is 5.71. The zero-order chi connectivity index (χ0) is 13.4. The van der Waals surface area contributed by atoms with Gasteiger partial charge < -0.3 is 4.48 Å². The van der Waals surface area contributed by atoms with Crippen LogP contribution in [0, 0.1) is 0 Å². The van der Waals surface area contributed by atoms with Crippen LogP contribution >= 0.6 is 0 Å². The van der Waals surface area contributed by atoms with Crippen molar-refractivity contribution in [2.45, 2.75) is 52.1 Å². The Balaban J connectivity index is 2.13. The molecule has 0 radical (unpaired) electrons. The quantitative estimate of drug-likeness (QED) is 0.363. The van der Waals surface area contributed by atoms with Gasteiger partial charge in [-0.15, -0.1) is 0 Å². The van der Waals surface area contributed by atoms with Crippen LogP contribution in [0.4, 0.5) is 0 Å². The average Bonchev–Trinajstić information content (AvgIpc) is 2.72. The van der Waals surface area contributed by atoms with Gasteiger partial charge in [-0.3, -0.25) is 0 Å². The summed E-state index contributed by atoms with van der Waals surface area (Å²) in [6, 6.07) is 0. The molecule has 0 saturated heterocycles. The normalized spacial score (nSPS) is 12.0. The van der Waals surface area contributed by atoms with Crippen LogP contribution in [0.1, 0.15) is 39.0 Å². The molecule has 0 aliphatic rings. The molecule has 3 heteroatoms. The van der Waals surface area contributed by atoms with E-state index in [0.717, 1.165) is 17.6 Å². The van der Waals surface area contributed by atoms with Gasteiger partial charge in [-0.1, -0.05) is 13.3 Å². The Kier molecular flexibility index (Phi) is 6.41. The average molecular weight is 253 g/mol. The van der Waals surface area contributed by atoms with Crippen molar-refractivity contribution in [1.82, 2.24) is 4.57 Å². The second-order valence-corrected chi connectivity index (χ2v) is 6.32. The summed E-state index contributed by atoms with van der Waals surface area (Å²) in [4.78, 5) is 0. The smallest absolute Gasteiger partial charge is 0.243 e. The molecule has 1 aromatic rings. The lowest BCUT2D eigenvalue weighted by atomic mass is 10.2. The third kappa shape index (κ3) is 6.80. The van der Waals surface area contributed by atoms with Gasteiger partial charge in [-0.25, -0.2) is 9.13 Å². The van der Waals surface area contributed by atoms with Gasteiger partial charge in [0.1, 0.15) is 12.4 Å². The molecule has 0 aliphatic carbocycles. The molecule has 0 unspecified atom stereocenters. The maximum absolute atomic E-state index is 2.32. The van der Waals surface area contributed by atoms with E-state index in [-0.39, 0.29) is 0 Å². The van der Waals surface area contributed by atoms with Crippen molar-refractivity contribution in [1.29, 1.82) is 0 Å². The van der Waals surface area contributed by atoms with Crippen molar-refractivity contribution in [3.8, 4) is 0 Å². The van der Waals surface area contributed by atoms with Crippen LogP contribution in [-0.2, 0) is 13.1 Å². The Hall–Kier alpha value is -0.830. The number of hydrogen-bond donors (Lipinski definition) is 0. The van der Waals surface area contributed by atoms with Crippen molar-refractivity contribution >= 4 is 0 Å². The van der Waals surface area contributed by atoms with E-state index in [9.17, 15) is 0 Å². The molecule has 0 saturated carbocycles. The predicted octanol–water partition coefficient (Wildman–Crippen LogP) is 2.45. The van der Waals surface area contributed by atoms with Gasteiger partial charge in [-0.2, -0.15) is 0 Å². The van der Waals surface area contributed by atoms with Gasteiger partial charge in [0.25, 0.3) is 0 Å². The zero-order valence-electron chi connectivity index (χ0n) is 12.7. The van der Waals surface area contributed by atoms with E-state index >= 15 is 0 Å². The van der Waals surface area contributed by atoms with Crippen LogP contribution in [0.2, 0.25) is 0 Å². The van der Waals surface area contributed by atoms with E-state index in [1.165, 1.54) is 38.6 Å². The molecular formula is C15H31N3+2. The maximum Gasteiger partial charge on any atom is 0.243 e. The van der Waals surface area contributed by atoms with E-state index in [1.807, 2.05) is 0 Å². The van der Waals surface area contributed by atoms with Crippen LogP contribution < -0.4 is 4.57 Å². The van der Waals surface area contributed by atoms with Gasteiger partial charge in [0, 0.05) is 0 Å². The standard InChI is InChI=1S/C15H31N3/c1-5-6-10-16-12-13-17(15-16)11-8-7-9-14-18(2,3)4/h12-13,15H,5-11,14H2,1-4H3/q+2. The van der Waals surface area contributed by atoms with Crippen molar-refractivity contribution in [3.05, 3.63) is 18.7 Å². The minimum atomic E-state index is 1.08. The molecule has 1 aromatic heterocycles. The van der Waals surface area contributed by atoms with Crippen molar-refractivity contribution in [2.24, 2.45) is 0 Å². The molecule has 0 N–H and O–H groups in total. The molecule has 0 amide bonds. The van der Waals surface area contributed by atoms with E-state index < -0.39 is 0 Å². The fourth-order valence-electron chi connectivity index (χ4n) is 2.10. The van der Waals surface area contributed by atoms with Crippen LogP contribution in [0.15, 0.2) is 18.7 Å². The summed E-state index contributed by atoms with van der Waals surface area (Å²) in [5, 5.41) is 0. The Morgan fingerprint density at radius 3 is 2.50 bits per heavy atom. The fourth-order valence-corrected chi connectivity index (χ4v) is 2.10. The number of aryl methyl sites for hydroxylation is 2. The minimum absolute atomic E-state index is 1.08. The fraction of sp³-hybridized carbons (Fsp3) is 0.800. The number of rotatable bonds is 9. The zero-order valence-corrected chi connectivity index (χ0v) is 12.7. The Morgan fingerprint density at radius 1 is 1.06 bits per heavy atom. The number of nitrogens with zero attached hydrogens (tertiary/aromatic N) is 3. The summed E-state index contributed by atoms with van der Waals surface area (Å²) in [6.07, 6.45) is 13.2. The Labute approximate surface area is 113 Å². The molecule has 0 bridgehead atoms. The Morgan fingerprint density at radius 2 is 1.83 bits per heavy atom. The molecule has 1 heterocycles. The van der Waals surface area contributed by atoms with Crippen molar-refractivity contribution < 1.29 is 9.05 Å². The number of aromatic nitrogens is 2. The first-order valence-corrected chi connectivity index (χ1v) is 7.36. The van der Waals surface area contributed by atoms with Crippen molar-refractivity contribution in [3.63, 3.8) is 0 Å². The third-order valence-corrected chi connectivity index (χ3v) is 3.26. The highest BCUT2D eigenvalue weighted by atomic mass is 15.3. The highest BCUT2D eigenvalue weighted by Gasteiger charge is 2.06. The summed E-state index contributed by atoms with van der Waals surface area (Å²) in [6.45, 7) is 5.84. The minimum Gasteiger partial charge on any atom is -0.331 e. The van der Waals surface area contributed by atoms with Crippen LogP contribution in [0.3, 0.4) is 0 Å². The highest BCUT2D eigenvalue weighted by Crippen LogP contribution is 2.01. The van der Waals surface area contributed by atoms with E-state index in [0.29, 0.717) is 0 Å². The molecular weight excluding hydrogens is 222 g/mol. The van der Waals surface area contributed by atoms with Crippen LogP contribution in [-0.4, -0.2) is 36.7 Å². The van der Waals surface area contributed by atoms with Gasteiger partial charge in [0.15, 0.2) is 0 Å². The second-order valence-electron chi connectivity index (χ2n) is 6.32. The second kappa shape index (κ2) is 7.57. The van der Waals surface area contributed by atoms with Gasteiger partial charge in [-0.05, 0) is 25.7 Å². The lowest BCUT2D eigenvalue weighted by molar-refractivity contribution is -0.870. The highest BCUT2D eigenvalue weighted by molar-refractivity contribution is 4.65. The van der Waals surface area contributed by atoms with Gasteiger partial charge in [0.05, 0.1) is 40.8 Å². The predicted molar refractivity (Wildman–Crippen MR) is 76.3 cm³/mol. The summed E-state index contributed by atoms with van der Waals surface area (Å²) in [7, 11) is 6.80. The SMILES string of the molecule is CCCCn1cc[n+](CCCCC[N+](C)(C)C)c1. The first kappa shape index (κ1) is 15.2. The molecule has 3 nitrogen and oxygen atoms in total. The number of hydrogen-bond acceptors (Lipinski definition) is 0. The lowest BCUT2D eigenvalue weighted by Crippen LogP contribution is -2.35. The summed E-state index contributed by atoms with van der Waals surface area (Å²) >= 11 is 0. The summed E-state index contributed by atoms with van der Waals surface area (Å²) in [5.41, 5.74) is 0. The van der Waals surface area contributed by atoms with Crippen LogP contribution in [0.5, 0.6) is 0 Å². The lowest BCUT2D eigenvalue weighted by Gasteiger charge is -2.23. The number of unbranched alkanes of at least 4 members (excludes halogenated alkanes) is 3. The van der Waals surface area contributed by atoms with Crippen molar-refractivity contribution in [2.75, 3.05) is 27.7 Å². The molecule has 0 aromatic carbocycles. The van der Waals surface area contributed by atoms with E-state index in [4.69, 9.17) is 0 Å². The molecule has 0 fully saturated rings. The van der Waals surface area contributed by atoms with E-state index in [1.54, 1.807) is 0 Å². The monoisotopic (exact) mass is 253 g/mol. The largest absolute Gasteiger partial charge is 0.331 e. The molecule has 0 spiro atoms.